The van der Waals surface area contributed by atoms with E-state index in [1.807, 2.05) is 0 Å². The summed E-state index contributed by atoms with van der Waals surface area (Å²) in [6, 6.07) is 7.31. The number of rotatable bonds is 11. The molecular formula is C24H27N5O7S2. The molecular weight excluding hydrogens is 534 g/mol. The SMILES string of the molecule is CCC(CC)(C(=O)O)c1n[nH]nc1SCC1=C(C(=O)O)N2C(=O)C(NC(=O)[C@H](O)c3ccccc3)[C@H]2SC1. The van der Waals surface area contributed by atoms with Crippen LogP contribution in [0.15, 0.2) is 46.6 Å². The van der Waals surface area contributed by atoms with Gasteiger partial charge >= 0.3 is 11.9 Å². The van der Waals surface area contributed by atoms with Crippen LogP contribution in [0.5, 0.6) is 0 Å². The number of amides is 2. The second-order valence-corrected chi connectivity index (χ2v) is 10.9. The first-order chi connectivity index (χ1) is 18.2. The van der Waals surface area contributed by atoms with Crippen LogP contribution in [-0.4, -0.2) is 82.3 Å². The summed E-state index contributed by atoms with van der Waals surface area (Å²) in [5.74, 6) is -3.20. The number of β-lactam (4-membered cyclic amide) rings is 1. The highest BCUT2D eigenvalue weighted by Crippen LogP contribution is 2.43. The lowest BCUT2D eigenvalue weighted by Gasteiger charge is -2.49. The maximum atomic E-state index is 12.9. The predicted molar refractivity (Wildman–Crippen MR) is 138 cm³/mol. The molecule has 38 heavy (non-hydrogen) atoms. The number of nitrogens with one attached hydrogen (secondary N) is 2. The molecule has 1 aromatic heterocycles. The lowest BCUT2D eigenvalue weighted by atomic mass is 9.79. The molecule has 2 aliphatic rings. The van der Waals surface area contributed by atoms with E-state index >= 15 is 0 Å². The third-order valence-corrected chi connectivity index (χ3v) is 9.27. The van der Waals surface area contributed by atoms with Crippen LogP contribution in [0.2, 0.25) is 0 Å². The number of hydrogen-bond donors (Lipinski definition) is 5. The molecule has 2 aromatic rings. The van der Waals surface area contributed by atoms with Crippen molar-refractivity contribution in [1.29, 1.82) is 0 Å². The number of aromatic amines is 1. The van der Waals surface area contributed by atoms with Crippen molar-refractivity contribution < 1.29 is 34.5 Å². The average Bonchev–Trinajstić information content (AvgIpc) is 3.39. The summed E-state index contributed by atoms with van der Waals surface area (Å²) in [5.41, 5.74) is -0.260. The Balaban J connectivity index is 1.50. The van der Waals surface area contributed by atoms with Gasteiger partial charge in [0.05, 0.1) is 0 Å². The molecule has 1 aromatic carbocycles. The van der Waals surface area contributed by atoms with Crippen molar-refractivity contribution >= 4 is 47.3 Å². The number of aliphatic hydroxyl groups excluding tert-OH is 1. The number of aromatic nitrogens is 3. The summed E-state index contributed by atoms with van der Waals surface area (Å²) >= 11 is 2.46. The summed E-state index contributed by atoms with van der Waals surface area (Å²) in [7, 11) is 0. The van der Waals surface area contributed by atoms with Gasteiger partial charge in [0.2, 0.25) is 0 Å². The number of carboxylic acids is 2. The Morgan fingerprint density at radius 3 is 2.50 bits per heavy atom. The highest BCUT2D eigenvalue weighted by atomic mass is 32.2. The molecule has 3 heterocycles. The van der Waals surface area contributed by atoms with Crippen molar-refractivity contribution in [2.45, 2.75) is 54.6 Å². The molecule has 5 N–H and O–H groups in total. The molecule has 0 bridgehead atoms. The van der Waals surface area contributed by atoms with Gasteiger partial charge in [0.1, 0.15) is 33.2 Å². The van der Waals surface area contributed by atoms with Gasteiger partial charge < -0.3 is 20.6 Å². The van der Waals surface area contributed by atoms with E-state index in [1.54, 1.807) is 44.2 Å². The van der Waals surface area contributed by atoms with Crippen molar-refractivity contribution in [3.63, 3.8) is 0 Å². The number of nitrogens with zero attached hydrogens (tertiary/aromatic N) is 3. The fourth-order valence-electron chi connectivity index (χ4n) is 4.59. The zero-order chi connectivity index (χ0) is 27.6. The van der Waals surface area contributed by atoms with Crippen LogP contribution in [0.1, 0.15) is 44.1 Å². The monoisotopic (exact) mass is 561 g/mol. The molecule has 0 spiro atoms. The molecule has 0 aliphatic carbocycles. The van der Waals surface area contributed by atoms with Crippen molar-refractivity contribution in [1.82, 2.24) is 25.6 Å². The zero-order valence-electron chi connectivity index (χ0n) is 20.6. The Morgan fingerprint density at radius 2 is 1.89 bits per heavy atom. The first kappa shape index (κ1) is 27.7. The Kier molecular flexibility index (Phi) is 8.13. The lowest BCUT2D eigenvalue weighted by Crippen LogP contribution is -2.70. The van der Waals surface area contributed by atoms with Crippen LogP contribution in [0.3, 0.4) is 0 Å². The third kappa shape index (κ3) is 4.78. The van der Waals surface area contributed by atoms with Gasteiger partial charge in [0, 0.05) is 11.5 Å². The highest BCUT2D eigenvalue weighted by molar-refractivity contribution is 8.01. The second kappa shape index (κ2) is 11.2. The first-order valence-corrected chi connectivity index (χ1v) is 13.9. The smallest absolute Gasteiger partial charge is 0.352 e. The van der Waals surface area contributed by atoms with Gasteiger partial charge in [-0.2, -0.15) is 10.3 Å². The van der Waals surface area contributed by atoms with Crippen LogP contribution in [-0.2, 0) is 24.6 Å². The molecule has 14 heteroatoms. The highest BCUT2D eigenvalue weighted by Gasteiger charge is 2.54. The number of aliphatic hydroxyl groups is 1. The van der Waals surface area contributed by atoms with E-state index in [0.717, 1.165) is 16.7 Å². The van der Waals surface area contributed by atoms with Crippen molar-refractivity contribution in [3.05, 3.63) is 52.9 Å². The summed E-state index contributed by atoms with van der Waals surface area (Å²) in [6.07, 6.45) is -0.865. The Hall–Kier alpha value is -3.36. The molecule has 0 radical (unpaired) electrons. The van der Waals surface area contributed by atoms with E-state index in [9.17, 15) is 34.5 Å². The van der Waals surface area contributed by atoms with Crippen LogP contribution in [0.25, 0.3) is 0 Å². The normalized spacial score (nSPS) is 20.0. The summed E-state index contributed by atoms with van der Waals surface area (Å²) in [5, 5.41) is 43.1. The van der Waals surface area contributed by atoms with Crippen LogP contribution in [0, 0.1) is 0 Å². The molecule has 202 valence electrons. The molecule has 4 rings (SSSR count). The number of fused-ring (bicyclic) bond motifs is 1. The molecule has 12 nitrogen and oxygen atoms in total. The lowest BCUT2D eigenvalue weighted by molar-refractivity contribution is -0.151. The minimum Gasteiger partial charge on any atom is -0.481 e. The quantitative estimate of drug-likeness (QED) is 0.198. The molecule has 2 aliphatic heterocycles. The maximum Gasteiger partial charge on any atom is 0.352 e. The molecule has 1 fully saturated rings. The average molecular weight is 562 g/mol. The number of carboxylic acid groups (broad SMARTS) is 2. The third-order valence-electron chi connectivity index (χ3n) is 6.88. The van der Waals surface area contributed by atoms with E-state index in [-0.39, 0.29) is 17.2 Å². The number of aliphatic carboxylic acids is 2. The summed E-state index contributed by atoms with van der Waals surface area (Å²) < 4.78 is 0. The Bertz CT molecular complexity index is 1280. The van der Waals surface area contributed by atoms with Crippen molar-refractivity contribution in [2.24, 2.45) is 0 Å². The fourth-order valence-corrected chi connectivity index (χ4v) is 7.10. The van der Waals surface area contributed by atoms with E-state index in [4.69, 9.17) is 0 Å². The van der Waals surface area contributed by atoms with Gasteiger partial charge in [0.25, 0.3) is 11.8 Å². The molecule has 1 unspecified atom stereocenters. The molecule has 2 amide bonds. The maximum absolute atomic E-state index is 12.9. The molecule has 3 atom stereocenters. The van der Waals surface area contributed by atoms with Gasteiger partial charge in [-0.1, -0.05) is 55.9 Å². The predicted octanol–water partition coefficient (Wildman–Crippen LogP) is 1.51. The van der Waals surface area contributed by atoms with Gasteiger partial charge in [-0.15, -0.1) is 16.9 Å². The number of hydrogen-bond acceptors (Lipinski definition) is 9. The van der Waals surface area contributed by atoms with E-state index in [1.165, 1.54) is 11.8 Å². The standard InChI is InChI=1S/C24H27N5O7S2/c1-3-24(4-2,23(35)36)17-19(27-28-26-17)37-10-13-11-38-21-14(20(32)29(21)15(13)22(33)34)25-18(31)16(30)12-8-6-5-7-9-12/h5-9,14,16,21,30H,3-4,10-11H2,1-2H3,(H,25,31)(H,33,34)(H,35,36)(H,26,27,28)/t14?,16-,21-/m1/s1. The molecule has 1 saturated heterocycles. The van der Waals surface area contributed by atoms with Crippen LogP contribution >= 0.6 is 23.5 Å². The topological polar surface area (TPSA) is 186 Å². The van der Waals surface area contributed by atoms with Crippen molar-refractivity contribution in [3.8, 4) is 0 Å². The molecule has 0 saturated carbocycles. The number of H-pyrrole nitrogens is 1. The number of carbonyl (C=O) groups is 4. The minimum absolute atomic E-state index is 0.150. The first-order valence-electron chi connectivity index (χ1n) is 11.9. The number of benzene rings is 1. The largest absolute Gasteiger partial charge is 0.481 e. The fraction of sp³-hybridized carbons (Fsp3) is 0.417. The zero-order valence-corrected chi connectivity index (χ0v) is 22.2. The summed E-state index contributed by atoms with van der Waals surface area (Å²) in [6.45, 7) is 3.51. The minimum atomic E-state index is -1.46. The van der Waals surface area contributed by atoms with Gasteiger partial charge in [-0.25, -0.2) is 4.79 Å². The Morgan fingerprint density at radius 1 is 1.21 bits per heavy atom. The van der Waals surface area contributed by atoms with Crippen LogP contribution < -0.4 is 5.32 Å². The van der Waals surface area contributed by atoms with Gasteiger partial charge in [-0.3, -0.25) is 19.3 Å². The van der Waals surface area contributed by atoms with Gasteiger partial charge in [-0.05, 0) is 24.0 Å². The second-order valence-electron chi connectivity index (χ2n) is 8.83. The Labute approximate surface area is 226 Å². The number of carbonyl (C=O) groups excluding carboxylic acids is 2. The van der Waals surface area contributed by atoms with Crippen LogP contribution in [0.4, 0.5) is 0 Å². The van der Waals surface area contributed by atoms with E-state index in [0.29, 0.717) is 34.7 Å². The number of thioether (sulfide) groups is 2. The van der Waals surface area contributed by atoms with Gasteiger partial charge in [0.15, 0.2) is 6.10 Å². The van der Waals surface area contributed by atoms with E-state index in [2.05, 4.69) is 20.7 Å². The van der Waals surface area contributed by atoms with Crippen molar-refractivity contribution in [2.75, 3.05) is 11.5 Å². The van der Waals surface area contributed by atoms with E-state index < -0.39 is 46.7 Å². The summed E-state index contributed by atoms with van der Waals surface area (Å²) in [4.78, 5) is 50.9.